The Labute approximate surface area is 308 Å². The predicted molar refractivity (Wildman–Crippen MR) is 221 cm³/mol. The van der Waals surface area contributed by atoms with Crippen LogP contribution in [-0.2, 0) is 6.42 Å². The summed E-state index contributed by atoms with van der Waals surface area (Å²) in [4.78, 5) is 2.65. The predicted octanol–water partition coefficient (Wildman–Crippen LogP) is 13.7. The van der Waals surface area contributed by atoms with Crippen molar-refractivity contribution in [2.24, 2.45) is 0 Å². The highest BCUT2D eigenvalue weighted by molar-refractivity contribution is 7.19. The maximum absolute atomic E-state index is 3.47. The van der Waals surface area contributed by atoms with Crippen LogP contribution in [0.5, 0.6) is 0 Å². The summed E-state index contributed by atoms with van der Waals surface area (Å²) in [6.45, 7) is 0. The molecule has 52 heavy (non-hydrogen) atoms. The van der Waals surface area contributed by atoms with Gasteiger partial charge in [0.15, 0.2) is 0 Å². The van der Waals surface area contributed by atoms with Crippen molar-refractivity contribution in [2.45, 2.75) is 12.8 Å². The lowest BCUT2D eigenvalue weighted by molar-refractivity contribution is 0.996. The van der Waals surface area contributed by atoms with E-state index in [1.165, 1.54) is 81.6 Å². The van der Waals surface area contributed by atoms with E-state index in [1.807, 2.05) is 17.4 Å². The topological polar surface area (TPSA) is 4.93 Å². The van der Waals surface area contributed by atoms with E-state index in [1.54, 1.807) is 0 Å². The zero-order valence-corrected chi connectivity index (χ0v) is 29.3. The molecular weight excluding hydrogens is 647 g/mol. The normalized spacial score (nSPS) is 12.2. The van der Waals surface area contributed by atoms with Crippen LogP contribution in [0.15, 0.2) is 170 Å². The number of benzene rings is 6. The Morgan fingerprint density at radius 3 is 2.13 bits per heavy atom. The van der Waals surface area contributed by atoms with Crippen molar-refractivity contribution < 1.29 is 0 Å². The van der Waals surface area contributed by atoms with Crippen molar-refractivity contribution in [1.29, 1.82) is 0 Å². The van der Waals surface area contributed by atoms with Gasteiger partial charge in [0.05, 0.1) is 11.0 Å². The first kappa shape index (κ1) is 30.4. The standard InChI is InChI=1S/C50H33NS/c1-4-17-34(18-5-1)36-21-14-22-37(33-36)49-44-26-10-11-27-45(44)50(52-49)47-39(35-19-6-2-7-20-35)28-15-29-41(47)43-31-16-30-42-40-25-12-13-32-46(40)51(48(42)43)38-23-8-3-9-24-38/h1-6,8-10,12-19,21-26,28-33H,11,27H2. The second kappa shape index (κ2) is 12.7. The molecule has 0 bridgehead atoms. The molecule has 2 heteroatoms. The van der Waals surface area contributed by atoms with Crippen molar-refractivity contribution in [2.75, 3.05) is 0 Å². The van der Waals surface area contributed by atoms with Gasteiger partial charge in [-0.3, -0.25) is 0 Å². The fraction of sp³-hybridized carbons (Fsp3) is 0.0400. The molecule has 0 saturated heterocycles. The molecule has 10 rings (SSSR count). The summed E-state index contributed by atoms with van der Waals surface area (Å²) in [5, 5.41) is 2.51. The molecular formula is C50H33NS. The van der Waals surface area contributed by atoms with E-state index in [4.69, 9.17) is 0 Å². The number of allylic oxidation sites excluding steroid dienone is 1. The maximum Gasteiger partial charge on any atom is 0.0619 e. The third-order valence-corrected chi connectivity index (χ3v) is 11.7. The van der Waals surface area contributed by atoms with Crippen molar-refractivity contribution in [3.05, 3.63) is 193 Å². The zero-order valence-electron chi connectivity index (χ0n) is 28.5. The summed E-state index contributed by atoms with van der Waals surface area (Å²) in [5.41, 5.74) is 16.0. The van der Waals surface area contributed by atoms with Gasteiger partial charge in [0, 0.05) is 42.9 Å². The minimum Gasteiger partial charge on any atom is -0.309 e. The number of rotatable bonds is 6. The lowest BCUT2D eigenvalue weighted by Crippen LogP contribution is -1.98. The van der Waals surface area contributed by atoms with Crippen LogP contribution < -0.4 is 0 Å². The van der Waals surface area contributed by atoms with Gasteiger partial charge in [-0.05, 0) is 88.2 Å². The van der Waals surface area contributed by atoms with Gasteiger partial charge in [-0.25, -0.2) is 0 Å². The van der Waals surface area contributed by atoms with Crippen LogP contribution in [0.2, 0.25) is 0 Å². The van der Waals surface area contributed by atoms with Crippen LogP contribution in [0.1, 0.15) is 17.5 Å². The van der Waals surface area contributed by atoms with Gasteiger partial charge >= 0.3 is 0 Å². The first-order valence-corrected chi connectivity index (χ1v) is 18.7. The number of aromatic nitrogens is 1. The van der Waals surface area contributed by atoms with E-state index in [9.17, 15) is 0 Å². The quantitative estimate of drug-likeness (QED) is 0.165. The Bertz CT molecular complexity index is 2770. The number of nitrogens with zero attached hydrogens (tertiary/aromatic N) is 1. The van der Waals surface area contributed by atoms with Crippen LogP contribution in [0.3, 0.4) is 0 Å². The molecule has 0 spiro atoms. The molecule has 0 atom stereocenters. The van der Waals surface area contributed by atoms with Crippen molar-refractivity contribution in [3.8, 4) is 59.9 Å². The molecule has 0 radical (unpaired) electrons. The second-order valence-electron chi connectivity index (χ2n) is 13.4. The van der Waals surface area contributed by atoms with E-state index in [0.717, 1.165) is 24.1 Å². The van der Waals surface area contributed by atoms with Crippen LogP contribution in [0.25, 0.3) is 87.8 Å². The zero-order chi connectivity index (χ0) is 34.4. The lowest BCUT2D eigenvalue weighted by atomic mass is 9.86. The highest BCUT2D eigenvalue weighted by Gasteiger charge is 2.26. The molecule has 0 saturated carbocycles. The van der Waals surface area contributed by atoms with Crippen LogP contribution >= 0.6 is 11.3 Å². The molecule has 7 aromatic carbocycles. The van der Waals surface area contributed by atoms with Gasteiger partial charge in [-0.15, -0.1) is 11.3 Å². The Morgan fingerprint density at radius 2 is 1.27 bits per heavy atom. The van der Waals surface area contributed by atoms with E-state index in [2.05, 4.69) is 187 Å². The summed E-state index contributed by atoms with van der Waals surface area (Å²) >= 11 is 1.93. The number of hydrogen-bond donors (Lipinski definition) is 0. The summed E-state index contributed by atoms with van der Waals surface area (Å²) in [5.74, 6) is 0. The molecule has 1 aliphatic rings. The fourth-order valence-electron chi connectivity index (χ4n) is 8.06. The minimum absolute atomic E-state index is 1.00. The molecule has 0 fully saturated rings. The summed E-state index contributed by atoms with van der Waals surface area (Å²) < 4.78 is 2.45. The Kier molecular flexibility index (Phi) is 7.45. The first-order chi connectivity index (χ1) is 25.8. The molecule has 2 aromatic heterocycles. The average molecular weight is 680 g/mol. The number of para-hydroxylation sites is 3. The van der Waals surface area contributed by atoms with Crippen molar-refractivity contribution in [1.82, 2.24) is 4.57 Å². The van der Waals surface area contributed by atoms with Gasteiger partial charge in [-0.2, -0.15) is 0 Å². The maximum atomic E-state index is 3.47. The molecule has 1 aliphatic carbocycles. The van der Waals surface area contributed by atoms with Crippen LogP contribution in [0.4, 0.5) is 0 Å². The van der Waals surface area contributed by atoms with Crippen molar-refractivity contribution >= 4 is 39.2 Å². The summed E-state index contributed by atoms with van der Waals surface area (Å²) in [6, 6.07) is 65.9. The lowest BCUT2D eigenvalue weighted by Gasteiger charge is -2.18. The Morgan fingerprint density at radius 1 is 0.558 bits per heavy atom. The van der Waals surface area contributed by atoms with Crippen LogP contribution in [-0.4, -0.2) is 4.57 Å². The average Bonchev–Trinajstić information content (AvgIpc) is 3.78. The SMILES string of the molecule is c1cccc(-c2cccc(-c3cccc4c5ccccc5n(-c5ccccc5)c34)c2-c2sc(-c3cccc(-c4ccccc4)c3)c3c2CCC=C3)c#1. The van der Waals surface area contributed by atoms with E-state index >= 15 is 0 Å². The summed E-state index contributed by atoms with van der Waals surface area (Å²) in [7, 11) is 0. The molecule has 0 N–H and O–H groups in total. The monoisotopic (exact) mass is 679 g/mol. The van der Waals surface area contributed by atoms with Crippen molar-refractivity contribution in [3.63, 3.8) is 0 Å². The van der Waals surface area contributed by atoms with E-state index in [0.29, 0.717) is 0 Å². The minimum atomic E-state index is 1.00. The highest BCUT2D eigenvalue weighted by atomic mass is 32.1. The molecule has 0 amide bonds. The van der Waals surface area contributed by atoms with Gasteiger partial charge in [0.2, 0.25) is 0 Å². The van der Waals surface area contributed by atoms with Crippen LogP contribution in [0, 0.1) is 12.1 Å². The molecule has 0 unspecified atom stereocenters. The number of hydrogen-bond acceptors (Lipinski definition) is 1. The fourth-order valence-corrected chi connectivity index (χ4v) is 9.46. The molecule has 9 aromatic rings. The smallest absolute Gasteiger partial charge is 0.0619 e. The highest BCUT2D eigenvalue weighted by Crippen LogP contribution is 2.52. The van der Waals surface area contributed by atoms with E-state index < -0.39 is 0 Å². The van der Waals surface area contributed by atoms with Gasteiger partial charge < -0.3 is 4.57 Å². The molecule has 1 nitrogen and oxygen atoms in total. The number of thiophene rings is 1. The van der Waals surface area contributed by atoms with Gasteiger partial charge in [0.1, 0.15) is 0 Å². The van der Waals surface area contributed by atoms with E-state index in [-0.39, 0.29) is 0 Å². The molecule has 0 aliphatic heterocycles. The molecule has 2 heterocycles. The summed E-state index contributed by atoms with van der Waals surface area (Å²) in [6.07, 6.45) is 6.74. The largest absolute Gasteiger partial charge is 0.309 e. The third kappa shape index (κ3) is 5.02. The first-order valence-electron chi connectivity index (χ1n) is 17.9. The van der Waals surface area contributed by atoms with Gasteiger partial charge in [0.25, 0.3) is 0 Å². The Hall–Kier alpha value is -6.40. The number of fused-ring (bicyclic) bond motifs is 4. The second-order valence-corrected chi connectivity index (χ2v) is 14.4. The van der Waals surface area contributed by atoms with Gasteiger partial charge in [-0.1, -0.05) is 152 Å². The Balaban J connectivity index is 1.28. The molecule has 244 valence electrons. The third-order valence-electron chi connectivity index (χ3n) is 10.4.